The van der Waals surface area contributed by atoms with Crippen molar-refractivity contribution in [2.24, 2.45) is 0 Å². The molecule has 1 N–H and O–H groups in total. The zero-order valence-corrected chi connectivity index (χ0v) is 17.8. The summed E-state index contributed by atoms with van der Waals surface area (Å²) in [4.78, 5) is 12.3. The molecule has 0 fully saturated rings. The average molecular weight is 405 g/mol. The van der Waals surface area contributed by atoms with Crippen molar-refractivity contribution < 1.29 is 14.3 Å². The van der Waals surface area contributed by atoms with Gasteiger partial charge >= 0.3 is 0 Å². The molecule has 6 nitrogen and oxygen atoms in total. The van der Waals surface area contributed by atoms with Gasteiger partial charge in [-0.3, -0.25) is 9.48 Å². The van der Waals surface area contributed by atoms with Gasteiger partial charge < -0.3 is 14.8 Å². The minimum Gasteiger partial charge on any atom is -0.497 e. The Kier molecular flexibility index (Phi) is 6.91. The Bertz CT molecular complexity index is 1040. The first-order valence-corrected chi connectivity index (χ1v) is 9.76. The Morgan fingerprint density at radius 1 is 1.10 bits per heavy atom. The first-order chi connectivity index (χ1) is 14.5. The van der Waals surface area contributed by atoms with E-state index in [-0.39, 0.29) is 5.91 Å². The van der Waals surface area contributed by atoms with Gasteiger partial charge in [0.1, 0.15) is 11.5 Å². The van der Waals surface area contributed by atoms with Crippen LogP contribution in [0.4, 0.5) is 0 Å². The summed E-state index contributed by atoms with van der Waals surface area (Å²) in [5.41, 5.74) is 5.00. The summed E-state index contributed by atoms with van der Waals surface area (Å²) < 4.78 is 12.5. The van der Waals surface area contributed by atoms with Gasteiger partial charge in [-0.25, -0.2) is 0 Å². The minimum atomic E-state index is -0.178. The fourth-order valence-corrected chi connectivity index (χ4v) is 3.26. The lowest BCUT2D eigenvalue weighted by Crippen LogP contribution is -2.21. The molecule has 0 saturated heterocycles. The van der Waals surface area contributed by atoms with Crippen molar-refractivity contribution in [3.8, 4) is 11.5 Å². The second-order valence-electron chi connectivity index (χ2n) is 6.95. The monoisotopic (exact) mass is 405 g/mol. The van der Waals surface area contributed by atoms with Gasteiger partial charge in [-0.15, -0.1) is 0 Å². The molecule has 0 aliphatic heterocycles. The number of hydrogen-bond acceptors (Lipinski definition) is 4. The Labute approximate surface area is 177 Å². The van der Waals surface area contributed by atoms with E-state index in [1.54, 1.807) is 26.4 Å². The Morgan fingerprint density at radius 3 is 2.57 bits per heavy atom. The highest BCUT2D eigenvalue weighted by Gasteiger charge is 2.12. The van der Waals surface area contributed by atoms with Crippen LogP contribution in [0.2, 0.25) is 0 Å². The molecule has 3 rings (SSSR count). The van der Waals surface area contributed by atoms with Crippen LogP contribution in [-0.4, -0.2) is 29.9 Å². The van der Waals surface area contributed by atoms with Crippen LogP contribution in [0.25, 0.3) is 6.08 Å². The van der Waals surface area contributed by atoms with E-state index in [1.165, 1.54) is 11.6 Å². The van der Waals surface area contributed by atoms with Crippen molar-refractivity contribution in [3.05, 3.63) is 82.7 Å². The fraction of sp³-hybridized carbons (Fsp3) is 0.250. The number of amides is 1. The Balaban J connectivity index is 1.64. The van der Waals surface area contributed by atoms with Crippen molar-refractivity contribution in [1.82, 2.24) is 15.1 Å². The summed E-state index contributed by atoms with van der Waals surface area (Å²) >= 11 is 0. The first-order valence-electron chi connectivity index (χ1n) is 9.76. The molecular weight excluding hydrogens is 378 g/mol. The van der Waals surface area contributed by atoms with Crippen LogP contribution in [-0.2, 0) is 17.9 Å². The summed E-state index contributed by atoms with van der Waals surface area (Å²) in [5, 5.41) is 7.58. The number of aromatic nitrogens is 2. The topological polar surface area (TPSA) is 65.4 Å². The second kappa shape index (κ2) is 9.78. The molecule has 0 unspecified atom stereocenters. The highest BCUT2D eigenvalue weighted by atomic mass is 16.5. The molecule has 156 valence electrons. The number of nitrogens with zero attached hydrogens (tertiary/aromatic N) is 2. The van der Waals surface area contributed by atoms with E-state index >= 15 is 0 Å². The molecule has 2 aromatic carbocycles. The third-order valence-corrected chi connectivity index (χ3v) is 5.00. The largest absolute Gasteiger partial charge is 0.497 e. The van der Waals surface area contributed by atoms with E-state index in [9.17, 15) is 4.79 Å². The van der Waals surface area contributed by atoms with Gasteiger partial charge in [-0.05, 0) is 37.6 Å². The normalized spacial score (nSPS) is 10.9. The molecular formula is C24H27N3O3. The molecule has 0 atom stereocenters. The van der Waals surface area contributed by atoms with Crippen molar-refractivity contribution in [3.63, 3.8) is 0 Å². The Hall–Kier alpha value is -3.54. The van der Waals surface area contributed by atoms with E-state index in [1.807, 2.05) is 48.9 Å². The maximum atomic E-state index is 12.3. The first kappa shape index (κ1) is 21.2. The predicted octanol–water partition coefficient (Wildman–Crippen LogP) is 3.90. The molecule has 0 aliphatic rings. The Morgan fingerprint density at radius 2 is 1.87 bits per heavy atom. The van der Waals surface area contributed by atoms with E-state index in [4.69, 9.17) is 9.47 Å². The van der Waals surface area contributed by atoms with Crippen molar-refractivity contribution >= 4 is 12.0 Å². The van der Waals surface area contributed by atoms with Crippen LogP contribution < -0.4 is 14.8 Å². The third kappa shape index (κ3) is 5.08. The van der Waals surface area contributed by atoms with Gasteiger partial charge in [0.05, 0.1) is 26.5 Å². The van der Waals surface area contributed by atoms with Gasteiger partial charge in [0.25, 0.3) is 0 Å². The van der Waals surface area contributed by atoms with E-state index < -0.39 is 0 Å². The van der Waals surface area contributed by atoms with E-state index in [2.05, 4.69) is 22.5 Å². The quantitative estimate of drug-likeness (QED) is 0.578. The zero-order valence-electron chi connectivity index (χ0n) is 17.8. The zero-order chi connectivity index (χ0) is 21.5. The standard InChI is InChI=1S/C24H27N3O3/c1-17-22(18(2)27(26-17)16-19-8-6-5-7-9-19)15-25-24(28)13-11-20-10-12-21(29-3)14-23(20)30-4/h5-14H,15-16H2,1-4H3,(H,25,28)/b13-11+. The van der Waals surface area contributed by atoms with Crippen LogP contribution in [0.1, 0.15) is 28.1 Å². The molecule has 0 aliphatic carbocycles. The van der Waals surface area contributed by atoms with Gasteiger partial charge in [0.2, 0.25) is 5.91 Å². The second-order valence-corrected chi connectivity index (χ2v) is 6.95. The summed E-state index contributed by atoms with van der Waals surface area (Å²) in [6.45, 7) is 5.13. The van der Waals surface area contributed by atoms with Crippen LogP contribution in [0, 0.1) is 13.8 Å². The predicted molar refractivity (Wildman–Crippen MR) is 118 cm³/mol. The van der Waals surface area contributed by atoms with Crippen LogP contribution in [0.3, 0.4) is 0 Å². The maximum Gasteiger partial charge on any atom is 0.244 e. The summed E-state index contributed by atoms with van der Waals surface area (Å²) in [6.07, 6.45) is 3.23. The number of rotatable bonds is 8. The molecule has 0 radical (unpaired) electrons. The lowest BCUT2D eigenvalue weighted by Gasteiger charge is -2.08. The minimum absolute atomic E-state index is 0.178. The number of aryl methyl sites for hydroxylation is 1. The molecule has 1 amide bonds. The number of carbonyl (C=O) groups excluding carboxylic acids is 1. The fourth-order valence-electron chi connectivity index (χ4n) is 3.26. The molecule has 3 aromatic rings. The van der Waals surface area contributed by atoms with Crippen LogP contribution >= 0.6 is 0 Å². The van der Waals surface area contributed by atoms with Crippen LogP contribution in [0.5, 0.6) is 11.5 Å². The summed E-state index contributed by atoms with van der Waals surface area (Å²) in [6, 6.07) is 15.7. The average Bonchev–Trinajstić information content (AvgIpc) is 3.03. The molecule has 6 heteroatoms. The third-order valence-electron chi connectivity index (χ3n) is 5.00. The van der Waals surface area contributed by atoms with Gasteiger partial charge in [0, 0.05) is 35.5 Å². The highest BCUT2D eigenvalue weighted by molar-refractivity contribution is 5.92. The number of ether oxygens (including phenoxy) is 2. The molecule has 0 saturated carbocycles. The van der Waals surface area contributed by atoms with Crippen molar-refractivity contribution in [2.45, 2.75) is 26.9 Å². The SMILES string of the molecule is COc1ccc(/C=C/C(=O)NCc2c(C)nn(Cc3ccccc3)c2C)c(OC)c1. The number of methoxy groups -OCH3 is 2. The van der Waals surface area contributed by atoms with Crippen molar-refractivity contribution in [2.75, 3.05) is 14.2 Å². The molecule has 1 heterocycles. The molecule has 1 aromatic heterocycles. The molecule has 0 bridgehead atoms. The smallest absolute Gasteiger partial charge is 0.244 e. The number of hydrogen-bond donors (Lipinski definition) is 1. The number of nitrogens with one attached hydrogen (secondary N) is 1. The van der Waals surface area contributed by atoms with E-state index in [0.29, 0.717) is 24.6 Å². The van der Waals surface area contributed by atoms with Gasteiger partial charge in [-0.1, -0.05) is 30.3 Å². The molecule has 0 spiro atoms. The van der Waals surface area contributed by atoms with E-state index in [0.717, 1.165) is 22.5 Å². The maximum absolute atomic E-state index is 12.3. The lowest BCUT2D eigenvalue weighted by atomic mass is 10.1. The summed E-state index contributed by atoms with van der Waals surface area (Å²) in [5.74, 6) is 1.17. The lowest BCUT2D eigenvalue weighted by molar-refractivity contribution is -0.116. The van der Waals surface area contributed by atoms with Crippen LogP contribution in [0.15, 0.2) is 54.6 Å². The highest BCUT2D eigenvalue weighted by Crippen LogP contribution is 2.25. The van der Waals surface area contributed by atoms with Crippen molar-refractivity contribution in [1.29, 1.82) is 0 Å². The van der Waals surface area contributed by atoms with Gasteiger partial charge in [0.15, 0.2) is 0 Å². The molecule has 30 heavy (non-hydrogen) atoms. The summed E-state index contributed by atoms with van der Waals surface area (Å²) in [7, 11) is 3.19. The number of carbonyl (C=O) groups is 1. The number of benzene rings is 2. The van der Waals surface area contributed by atoms with Gasteiger partial charge in [-0.2, -0.15) is 5.10 Å².